The molecule has 0 heterocycles. The Morgan fingerprint density at radius 3 is 2.40 bits per heavy atom. The van der Waals surface area contributed by atoms with Crippen LogP contribution in [0.4, 0.5) is 4.79 Å². The van der Waals surface area contributed by atoms with Crippen LogP contribution in [0.1, 0.15) is 45.6 Å². The predicted octanol–water partition coefficient (Wildman–Crippen LogP) is 3.60. The van der Waals surface area contributed by atoms with E-state index in [0.717, 1.165) is 30.6 Å². The topological polar surface area (TPSA) is 47.6 Å². The molecule has 1 N–H and O–H groups in total. The second-order valence-electron chi connectivity index (χ2n) is 6.26. The molecule has 1 aromatic carbocycles. The minimum Gasteiger partial charge on any atom is -0.496 e. The van der Waals surface area contributed by atoms with Crippen molar-refractivity contribution < 1.29 is 14.3 Å². The van der Waals surface area contributed by atoms with Crippen molar-refractivity contribution in [2.45, 2.75) is 51.2 Å². The Hall–Kier alpha value is -1.71. The largest absolute Gasteiger partial charge is 0.496 e. The summed E-state index contributed by atoms with van der Waals surface area (Å²) < 4.78 is 10.8. The Balaban J connectivity index is 2.20. The number of rotatable bonds is 3. The third-order valence-corrected chi connectivity index (χ3v) is 3.57. The molecule has 1 amide bonds. The molecular weight excluding hydrogens is 254 g/mol. The number of amides is 1. The normalized spacial score (nSPS) is 17.0. The van der Waals surface area contributed by atoms with Gasteiger partial charge < -0.3 is 14.8 Å². The summed E-state index contributed by atoms with van der Waals surface area (Å²) in [6.45, 7) is 5.59. The van der Waals surface area contributed by atoms with Crippen LogP contribution < -0.4 is 10.1 Å². The van der Waals surface area contributed by atoms with E-state index in [9.17, 15) is 4.79 Å². The van der Waals surface area contributed by atoms with Gasteiger partial charge in [0.25, 0.3) is 0 Å². The highest BCUT2D eigenvalue weighted by Gasteiger charge is 2.42. The number of carbonyl (C=O) groups excluding carboxylic acids is 1. The fourth-order valence-electron chi connectivity index (χ4n) is 2.53. The van der Waals surface area contributed by atoms with E-state index in [0.29, 0.717) is 0 Å². The summed E-state index contributed by atoms with van der Waals surface area (Å²) in [5.41, 5.74) is 0.185. The van der Waals surface area contributed by atoms with Gasteiger partial charge in [-0.05, 0) is 46.1 Å². The van der Waals surface area contributed by atoms with Crippen LogP contribution in [0.2, 0.25) is 0 Å². The molecule has 0 saturated heterocycles. The number of para-hydroxylation sites is 1. The maximum atomic E-state index is 12.1. The molecule has 1 saturated carbocycles. The lowest BCUT2D eigenvalue weighted by atomic mass is 9.71. The summed E-state index contributed by atoms with van der Waals surface area (Å²) >= 11 is 0. The van der Waals surface area contributed by atoms with Gasteiger partial charge in [0.1, 0.15) is 11.4 Å². The van der Waals surface area contributed by atoms with Gasteiger partial charge in [-0.25, -0.2) is 4.79 Å². The highest BCUT2D eigenvalue weighted by Crippen LogP contribution is 2.45. The Labute approximate surface area is 120 Å². The van der Waals surface area contributed by atoms with Crippen LogP contribution in [0.5, 0.6) is 5.75 Å². The van der Waals surface area contributed by atoms with Gasteiger partial charge in [0.2, 0.25) is 0 Å². The number of nitrogens with one attached hydrogen (secondary N) is 1. The quantitative estimate of drug-likeness (QED) is 0.918. The van der Waals surface area contributed by atoms with Crippen molar-refractivity contribution in [1.29, 1.82) is 0 Å². The van der Waals surface area contributed by atoms with Crippen LogP contribution in [0.15, 0.2) is 24.3 Å². The third-order valence-electron chi connectivity index (χ3n) is 3.57. The minimum absolute atomic E-state index is 0.352. The first-order valence-corrected chi connectivity index (χ1v) is 7.01. The Bertz CT molecular complexity index is 487. The van der Waals surface area contributed by atoms with Crippen molar-refractivity contribution in [3.8, 4) is 5.75 Å². The summed E-state index contributed by atoms with van der Waals surface area (Å²) in [4.78, 5) is 12.1. The highest BCUT2D eigenvalue weighted by molar-refractivity contribution is 5.70. The third kappa shape index (κ3) is 3.06. The number of benzene rings is 1. The number of alkyl carbamates (subject to hydrolysis) is 1. The van der Waals surface area contributed by atoms with Crippen LogP contribution in [-0.4, -0.2) is 18.8 Å². The standard InChI is InChI=1S/C16H23NO3/c1-15(2,3)20-14(18)17-16(10-7-11-16)12-8-5-6-9-13(12)19-4/h5-6,8-9H,7,10-11H2,1-4H3,(H,17,18). The molecule has 1 fully saturated rings. The monoisotopic (exact) mass is 277 g/mol. The van der Waals surface area contributed by atoms with E-state index < -0.39 is 5.60 Å². The molecule has 0 radical (unpaired) electrons. The molecule has 0 unspecified atom stereocenters. The first kappa shape index (κ1) is 14.7. The number of hydrogen-bond acceptors (Lipinski definition) is 3. The molecule has 20 heavy (non-hydrogen) atoms. The lowest BCUT2D eigenvalue weighted by Crippen LogP contribution is -2.52. The second kappa shape index (κ2) is 5.35. The first-order chi connectivity index (χ1) is 9.36. The molecule has 0 spiro atoms. The van der Waals surface area contributed by atoms with Crippen LogP contribution in [0, 0.1) is 0 Å². The minimum atomic E-state index is -0.490. The molecule has 0 bridgehead atoms. The maximum Gasteiger partial charge on any atom is 0.408 e. The van der Waals surface area contributed by atoms with Gasteiger partial charge in [-0.3, -0.25) is 0 Å². The van der Waals surface area contributed by atoms with Gasteiger partial charge in [-0.2, -0.15) is 0 Å². The molecule has 110 valence electrons. The van der Waals surface area contributed by atoms with E-state index in [1.165, 1.54) is 0 Å². The highest BCUT2D eigenvalue weighted by atomic mass is 16.6. The smallest absolute Gasteiger partial charge is 0.408 e. The number of hydrogen-bond donors (Lipinski definition) is 1. The van der Waals surface area contributed by atoms with Gasteiger partial charge in [0, 0.05) is 5.56 Å². The van der Waals surface area contributed by atoms with Crippen LogP contribution in [-0.2, 0) is 10.3 Å². The number of methoxy groups -OCH3 is 1. The van der Waals surface area contributed by atoms with Gasteiger partial charge in [0.05, 0.1) is 12.6 Å². The van der Waals surface area contributed by atoms with E-state index in [-0.39, 0.29) is 11.6 Å². The van der Waals surface area contributed by atoms with Crippen molar-refractivity contribution in [3.63, 3.8) is 0 Å². The fourth-order valence-corrected chi connectivity index (χ4v) is 2.53. The van der Waals surface area contributed by atoms with E-state index in [1.807, 2.05) is 45.0 Å². The lowest BCUT2D eigenvalue weighted by Gasteiger charge is -2.43. The number of carbonyl (C=O) groups is 1. The van der Waals surface area contributed by atoms with Crippen molar-refractivity contribution in [3.05, 3.63) is 29.8 Å². The van der Waals surface area contributed by atoms with Gasteiger partial charge >= 0.3 is 6.09 Å². The van der Waals surface area contributed by atoms with Crippen molar-refractivity contribution in [1.82, 2.24) is 5.32 Å². The molecule has 1 aliphatic rings. The molecule has 4 nitrogen and oxygen atoms in total. The summed E-state index contributed by atoms with van der Waals surface area (Å²) in [5, 5.41) is 3.04. The van der Waals surface area contributed by atoms with Crippen LogP contribution >= 0.6 is 0 Å². The van der Waals surface area contributed by atoms with Gasteiger partial charge in [-0.1, -0.05) is 18.2 Å². The predicted molar refractivity (Wildman–Crippen MR) is 77.9 cm³/mol. The SMILES string of the molecule is COc1ccccc1C1(NC(=O)OC(C)(C)C)CCC1. The summed E-state index contributed by atoms with van der Waals surface area (Å²) in [5.74, 6) is 0.809. The van der Waals surface area contributed by atoms with Crippen LogP contribution in [0.25, 0.3) is 0 Å². The van der Waals surface area contributed by atoms with Crippen molar-refractivity contribution in [2.75, 3.05) is 7.11 Å². The molecule has 0 aromatic heterocycles. The maximum absolute atomic E-state index is 12.1. The van der Waals surface area contributed by atoms with E-state index in [2.05, 4.69) is 5.32 Å². The molecule has 4 heteroatoms. The zero-order chi connectivity index (χ0) is 14.8. The summed E-state index contributed by atoms with van der Waals surface area (Å²) in [6.07, 6.45) is 2.54. The molecule has 0 aliphatic heterocycles. The van der Waals surface area contributed by atoms with Gasteiger partial charge in [0.15, 0.2) is 0 Å². The second-order valence-corrected chi connectivity index (χ2v) is 6.26. The van der Waals surface area contributed by atoms with E-state index in [1.54, 1.807) is 7.11 Å². The van der Waals surface area contributed by atoms with E-state index in [4.69, 9.17) is 9.47 Å². The first-order valence-electron chi connectivity index (χ1n) is 7.01. The Morgan fingerprint density at radius 1 is 1.25 bits per heavy atom. The molecular formula is C16H23NO3. The molecule has 2 rings (SSSR count). The lowest BCUT2D eigenvalue weighted by molar-refractivity contribution is 0.0374. The van der Waals surface area contributed by atoms with Crippen molar-refractivity contribution >= 4 is 6.09 Å². The summed E-state index contributed by atoms with van der Waals surface area (Å²) in [6, 6.07) is 7.83. The van der Waals surface area contributed by atoms with Crippen molar-refractivity contribution in [2.24, 2.45) is 0 Å². The van der Waals surface area contributed by atoms with E-state index >= 15 is 0 Å². The zero-order valence-corrected chi connectivity index (χ0v) is 12.7. The zero-order valence-electron chi connectivity index (χ0n) is 12.7. The average molecular weight is 277 g/mol. The number of ether oxygens (including phenoxy) is 2. The Kier molecular flexibility index (Phi) is 3.93. The molecule has 1 aliphatic carbocycles. The summed E-state index contributed by atoms with van der Waals surface area (Å²) in [7, 11) is 1.65. The Morgan fingerprint density at radius 2 is 1.90 bits per heavy atom. The molecule has 0 atom stereocenters. The van der Waals surface area contributed by atoms with Crippen LogP contribution in [0.3, 0.4) is 0 Å². The fraction of sp³-hybridized carbons (Fsp3) is 0.562. The van der Waals surface area contributed by atoms with Gasteiger partial charge in [-0.15, -0.1) is 0 Å². The molecule has 1 aromatic rings. The average Bonchev–Trinajstić information content (AvgIpc) is 2.31.